The van der Waals surface area contributed by atoms with Crippen LogP contribution in [0.15, 0.2) is 0 Å². The van der Waals surface area contributed by atoms with Gasteiger partial charge in [-0.05, 0) is 6.42 Å². The number of amides is 2. The molecule has 0 bridgehead atoms. The lowest BCUT2D eigenvalue weighted by Crippen LogP contribution is -2.30. The molecule has 6 heteroatoms. The third-order valence-electron chi connectivity index (χ3n) is 1.71. The lowest BCUT2D eigenvalue weighted by Gasteiger charge is -2.04. The van der Waals surface area contributed by atoms with E-state index in [-0.39, 0.29) is 13.0 Å². The summed E-state index contributed by atoms with van der Waals surface area (Å²) < 4.78 is 4.68. The van der Waals surface area contributed by atoms with Crippen molar-refractivity contribution >= 4 is 18.5 Å². The Bertz CT molecular complexity index is 239. The molecule has 1 unspecified atom stereocenters. The quantitative estimate of drug-likeness (QED) is 0.649. The molecule has 2 amide bonds. The van der Waals surface area contributed by atoms with Crippen molar-refractivity contribution in [3.63, 3.8) is 0 Å². The summed E-state index contributed by atoms with van der Waals surface area (Å²) in [6.07, 6.45) is -1.31. The highest BCUT2D eigenvalue weighted by molar-refractivity contribution is 5.88. The highest BCUT2D eigenvalue weighted by Gasteiger charge is 2.35. The van der Waals surface area contributed by atoms with Gasteiger partial charge in [-0.1, -0.05) is 0 Å². The minimum Gasteiger partial charge on any atom is -0.465 e. The fourth-order valence-electron chi connectivity index (χ4n) is 1.08. The first-order valence-electron chi connectivity index (χ1n) is 3.80. The predicted molar refractivity (Wildman–Crippen MR) is 40.3 cm³/mol. The molecule has 6 nitrogen and oxygen atoms in total. The summed E-state index contributed by atoms with van der Waals surface area (Å²) in [7, 11) is 0. The van der Waals surface area contributed by atoms with Crippen LogP contribution in [-0.2, 0) is 9.53 Å². The Morgan fingerprint density at radius 1 is 1.77 bits per heavy atom. The molecule has 1 rings (SSSR count). The van der Waals surface area contributed by atoms with Crippen LogP contribution in [0, 0.1) is 0 Å². The fraction of sp³-hybridized carbons (Fsp3) is 0.571. The van der Waals surface area contributed by atoms with E-state index in [1.165, 1.54) is 0 Å². The zero-order chi connectivity index (χ0) is 9.84. The van der Waals surface area contributed by atoms with E-state index in [9.17, 15) is 14.4 Å². The number of carboxylic acid groups (broad SMARTS) is 1. The number of rotatable bonds is 3. The van der Waals surface area contributed by atoms with Crippen molar-refractivity contribution in [1.29, 1.82) is 0 Å². The SMILES string of the molecule is O=CCCC1CN(C(=O)O)C(=O)O1. The van der Waals surface area contributed by atoms with Crippen LogP contribution in [0.25, 0.3) is 0 Å². The molecule has 0 spiro atoms. The van der Waals surface area contributed by atoms with E-state index in [0.717, 1.165) is 0 Å². The summed E-state index contributed by atoms with van der Waals surface area (Å²) in [5.41, 5.74) is 0. The Labute approximate surface area is 74.1 Å². The largest absolute Gasteiger partial charge is 0.465 e. The minimum absolute atomic E-state index is 0.0159. The van der Waals surface area contributed by atoms with Crippen LogP contribution < -0.4 is 0 Å². The molecule has 72 valence electrons. The van der Waals surface area contributed by atoms with Gasteiger partial charge >= 0.3 is 12.2 Å². The van der Waals surface area contributed by atoms with Crippen molar-refractivity contribution in [2.24, 2.45) is 0 Å². The molecular formula is C7H9NO5. The highest BCUT2D eigenvalue weighted by atomic mass is 16.6. The topological polar surface area (TPSA) is 83.9 Å². The molecule has 0 aromatic heterocycles. The summed E-state index contributed by atoms with van der Waals surface area (Å²) in [5.74, 6) is 0. The van der Waals surface area contributed by atoms with E-state index >= 15 is 0 Å². The summed E-state index contributed by atoms with van der Waals surface area (Å²) in [5, 5.41) is 8.48. The second-order valence-corrected chi connectivity index (χ2v) is 2.64. The average Bonchev–Trinajstić information content (AvgIpc) is 2.43. The molecule has 1 aliphatic heterocycles. The summed E-state index contributed by atoms with van der Waals surface area (Å²) >= 11 is 0. The average molecular weight is 187 g/mol. The van der Waals surface area contributed by atoms with Crippen molar-refractivity contribution in [3.05, 3.63) is 0 Å². The number of hydrogen-bond donors (Lipinski definition) is 1. The Kier molecular flexibility index (Phi) is 2.84. The van der Waals surface area contributed by atoms with Gasteiger partial charge in [0.25, 0.3) is 0 Å². The van der Waals surface area contributed by atoms with Crippen molar-refractivity contribution < 1.29 is 24.2 Å². The minimum atomic E-state index is -1.32. The van der Waals surface area contributed by atoms with Gasteiger partial charge in [0.15, 0.2) is 0 Å². The number of aldehydes is 1. The first-order valence-corrected chi connectivity index (χ1v) is 3.80. The second-order valence-electron chi connectivity index (χ2n) is 2.64. The van der Waals surface area contributed by atoms with Gasteiger partial charge in [0, 0.05) is 6.42 Å². The molecule has 1 aliphatic rings. The van der Waals surface area contributed by atoms with Crippen LogP contribution in [0.5, 0.6) is 0 Å². The molecule has 1 atom stereocenters. The number of cyclic esters (lactones) is 1. The molecule has 0 radical (unpaired) electrons. The first kappa shape index (κ1) is 9.50. The third-order valence-corrected chi connectivity index (χ3v) is 1.71. The fourth-order valence-corrected chi connectivity index (χ4v) is 1.08. The maximum atomic E-state index is 10.8. The van der Waals surface area contributed by atoms with Crippen LogP contribution >= 0.6 is 0 Å². The Balaban J connectivity index is 2.45. The van der Waals surface area contributed by atoms with E-state index in [1.807, 2.05) is 0 Å². The molecule has 13 heavy (non-hydrogen) atoms. The van der Waals surface area contributed by atoms with Gasteiger partial charge in [0.1, 0.15) is 12.4 Å². The predicted octanol–water partition coefficient (Wildman–Crippen LogP) is 0.464. The molecule has 0 aromatic carbocycles. The zero-order valence-electron chi connectivity index (χ0n) is 6.80. The van der Waals surface area contributed by atoms with Gasteiger partial charge in [-0.25, -0.2) is 14.5 Å². The van der Waals surface area contributed by atoms with Crippen LogP contribution in [-0.4, -0.2) is 41.1 Å². The molecule has 0 aliphatic carbocycles. The van der Waals surface area contributed by atoms with Crippen LogP contribution in [0.4, 0.5) is 9.59 Å². The molecule has 1 saturated heterocycles. The molecular weight excluding hydrogens is 178 g/mol. The Morgan fingerprint density at radius 2 is 2.46 bits per heavy atom. The van der Waals surface area contributed by atoms with Gasteiger partial charge in [-0.2, -0.15) is 0 Å². The maximum Gasteiger partial charge on any atom is 0.419 e. The van der Waals surface area contributed by atoms with Gasteiger partial charge in [0.05, 0.1) is 6.54 Å². The summed E-state index contributed by atoms with van der Waals surface area (Å²) in [4.78, 5) is 31.8. The van der Waals surface area contributed by atoms with Gasteiger partial charge in [-0.3, -0.25) is 0 Å². The molecule has 1 fully saturated rings. The van der Waals surface area contributed by atoms with Crippen LogP contribution in [0.2, 0.25) is 0 Å². The summed E-state index contributed by atoms with van der Waals surface area (Å²) in [6.45, 7) is 0.0159. The van der Waals surface area contributed by atoms with Gasteiger partial charge < -0.3 is 14.6 Å². The Morgan fingerprint density at radius 3 is 2.92 bits per heavy atom. The number of carbonyl (C=O) groups excluding carboxylic acids is 2. The van der Waals surface area contributed by atoms with Crippen molar-refractivity contribution in [2.45, 2.75) is 18.9 Å². The summed E-state index contributed by atoms with van der Waals surface area (Å²) in [6, 6.07) is 0. The van der Waals surface area contributed by atoms with E-state index < -0.39 is 18.3 Å². The lowest BCUT2D eigenvalue weighted by molar-refractivity contribution is -0.108. The smallest absolute Gasteiger partial charge is 0.419 e. The number of nitrogens with zero attached hydrogens (tertiary/aromatic N) is 1. The van der Waals surface area contributed by atoms with Crippen LogP contribution in [0.1, 0.15) is 12.8 Å². The zero-order valence-corrected chi connectivity index (χ0v) is 6.80. The molecule has 1 heterocycles. The van der Waals surface area contributed by atoms with Gasteiger partial charge in [-0.15, -0.1) is 0 Å². The first-order chi connectivity index (χ1) is 6.15. The normalized spacial score (nSPS) is 21.4. The van der Waals surface area contributed by atoms with Crippen molar-refractivity contribution in [3.8, 4) is 0 Å². The number of hydrogen-bond acceptors (Lipinski definition) is 4. The maximum absolute atomic E-state index is 10.8. The number of imide groups is 1. The number of carbonyl (C=O) groups is 3. The molecule has 0 saturated carbocycles. The van der Waals surface area contributed by atoms with E-state index in [2.05, 4.69) is 4.74 Å². The Hall–Kier alpha value is -1.59. The van der Waals surface area contributed by atoms with Crippen molar-refractivity contribution in [2.75, 3.05) is 6.54 Å². The van der Waals surface area contributed by atoms with E-state index in [0.29, 0.717) is 17.6 Å². The third kappa shape index (κ3) is 2.17. The standard InChI is InChI=1S/C7H9NO5/c9-3-1-2-5-4-8(6(10)11)7(12)13-5/h3,5H,1-2,4H2,(H,10,11). The second kappa shape index (κ2) is 3.88. The molecule has 0 aromatic rings. The van der Waals surface area contributed by atoms with Gasteiger partial charge in [0.2, 0.25) is 0 Å². The van der Waals surface area contributed by atoms with E-state index in [1.54, 1.807) is 0 Å². The number of ether oxygens (including phenoxy) is 1. The van der Waals surface area contributed by atoms with Crippen molar-refractivity contribution in [1.82, 2.24) is 4.90 Å². The van der Waals surface area contributed by atoms with E-state index in [4.69, 9.17) is 5.11 Å². The highest BCUT2D eigenvalue weighted by Crippen LogP contribution is 2.14. The molecule has 1 N–H and O–H groups in total. The lowest BCUT2D eigenvalue weighted by atomic mass is 10.2. The monoisotopic (exact) mass is 187 g/mol. The van der Waals surface area contributed by atoms with Crippen LogP contribution in [0.3, 0.4) is 0 Å².